The van der Waals surface area contributed by atoms with Crippen molar-refractivity contribution in [2.75, 3.05) is 0 Å². The lowest BCUT2D eigenvalue weighted by Gasteiger charge is -2.11. The Kier molecular flexibility index (Phi) is 2.47. The highest BCUT2D eigenvalue weighted by Gasteiger charge is 2.04. The normalized spacial score (nSPS) is 20.0. The average Bonchev–Trinajstić information content (AvgIpc) is 1.35. The first-order valence-electron chi connectivity index (χ1n) is 2.07. The van der Waals surface area contributed by atoms with Crippen LogP contribution < -0.4 is 0 Å². The van der Waals surface area contributed by atoms with Crippen molar-refractivity contribution in [3.05, 3.63) is 0 Å². The molecule has 0 aliphatic heterocycles. The summed E-state index contributed by atoms with van der Waals surface area (Å²) in [6.07, 6.45) is 1.10. The predicted molar refractivity (Wildman–Crippen MR) is 37.4 cm³/mol. The van der Waals surface area contributed by atoms with Gasteiger partial charge in [-0.1, -0.05) is 6.92 Å². The molecule has 1 unspecified atom stereocenters. The van der Waals surface area contributed by atoms with Gasteiger partial charge in [-0.25, -0.2) is 0 Å². The van der Waals surface area contributed by atoms with E-state index in [1.54, 1.807) is 0 Å². The molecular weight excluding hydrogens is 111 g/mol. The molecule has 0 N–H and O–H groups in total. The summed E-state index contributed by atoms with van der Waals surface area (Å²) >= 11 is 4.22. The summed E-state index contributed by atoms with van der Waals surface area (Å²) < 4.78 is 0.153. The minimum atomic E-state index is 0.153. The molecule has 0 amide bonds. The summed E-state index contributed by atoms with van der Waals surface area (Å²) in [5.41, 5.74) is 0. The zero-order valence-corrected chi connectivity index (χ0v) is 6.28. The van der Waals surface area contributed by atoms with Crippen molar-refractivity contribution >= 4 is 21.9 Å². The van der Waals surface area contributed by atoms with Gasteiger partial charge in [0.2, 0.25) is 0 Å². The summed E-state index contributed by atoms with van der Waals surface area (Å²) in [7, 11) is 2.66. The van der Waals surface area contributed by atoms with Gasteiger partial charge in [-0.15, -0.1) is 9.24 Å². The molecular formula is C4H11PS. The Labute approximate surface area is 47.3 Å². The van der Waals surface area contributed by atoms with Crippen molar-refractivity contribution in [3.63, 3.8) is 0 Å². The molecule has 0 rings (SSSR count). The van der Waals surface area contributed by atoms with E-state index in [4.69, 9.17) is 0 Å². The van der Waals surface area contributed by atoms with E-state index in [1.807, 2.05) is 0 Å². The Bertz CT molecular complexity index is 37.3. The lowest BCUT2D eigenvalue weighted by Crippen LogP contribution is -2.00. The Balaban J connectivity index is 3.17. The number of thiol groups is 1. The quantitative estimate of drug-likeness (QED) is 0.398. The van der Waals surface area contributed by atoms with Gasteiger partial charge in [0.25, 0.3) is 0 Å². The van der Waals surface area contributed by atoms with Crippen molar-refractivity contribution in [1.82, 2.24) is 0 Å². The third kappa shape index (κ3) is 4.78. The summed E-state index contributed by atoms with van der Waals surface area (Å²) in [5.74, 6) is 0. The molecule has 0 spiro atoms. The number of hydrogen-bond donors (Lipinski definition) is 1. The monoisotopic (exact) mass is 122 g/mol. The fourth-order valence-electron chi connectivity index (χ4n) is 0. The van der Waals surface area contributed by atoms with Crippen molar-refractivity contribution in [1.29, 1.82) is 0 Å². The Morgan fingerprint density at radius 3 is 2.00 bits per heavy atom. The van der Waals surface area contributed by atoms with E-state index in [1.165, 1.54) is 0 Å². The topological polar surface area (TPSA) is 0 Å². The second kappa shape index (κ2) is 2.18. The van der Waals surface area contributed by atoms with Gasteiger partial charge in [-0.3, -0.25) is 0 Å². The third-order valence-corrected chi connectivity index (χ3v) is 1.44. The minimum Gasteiger partial charge on any atom is -0.169 e. The highest BCUT2D eigenvalue weighted by atomic mass is 32.1. The lowest BCUT2D eigenvalue weighted by molar-refractivity contribution is 0.854. The van der Waals surface area contributed by atoms with Gasteiger partial charge in [0.05, 0.1) is 0 Å². The molecule has 6 heavy (non-hydrogen) atoms. The van der Waals surface area contributed by atoms with Crippen LogP contribution in [0.15, 0.2) is 0 Å². The van der Waals surface area contributed by atoms with Gasteiger partial charge < -0.3 is 0 Å². The van der Waals surface area contributed by atoms with E-state index in [2.05, 4.69) is 35.7 Å². The van der Waals surface area contributed by atoms with Crippen molar-refractivity contribution < 1.29 is 0 Å². The van der Waals surface area contributed by atoms with E-state index >= 15 is 0 Å². The maximum atomic E-state index is 4.22. The van der Waals surface area contributed by atoms with Crippen molar-refractivity contribution in [3.8, 4) is 0 Å². The highest BCUT2D eigenvalue weighted by Crippen LogP contribution is 2.24. The van der Waals surface area contributed by atoms with Crippen LogP contribution in [0, 0.1) is 0 Å². The fourth-order valence-corrected chi connectivity index (χ4v) is 0. The molecule has 0 aromatic rings. The maximum Gasteiger partial charge on any atom is 0.0240 e. The summed E-state index contributed by atoms with van der Waals surface area (Å²) in [4.78, 5) is 0. The summed E-state index contributed by atoms with van der Waals surface area (Å²) in [6.45, 7) is 4.18. The van der Waals surface area contributed by atoms with Crippen LogP contribution in [0.4, 0.5) is 0 Å². The van der Waals surface area contributed by atoms with E-state index in [-0.39, 0.29) is 4.49 Å². The minimum absolute atomic E-state index is 0.153. The van der Waals surface area contributed by atoms with Gasteiger partial charge in [-0.05, 0) is 13.3 Å². The van der Waals surface area contributed by atoms with Gasteiger partial charge >= 0.3 is 0 Å². The lowest BCUT2D eigenvalue weighted by atomic mass is 10.4. The molecule has 0 aromatic carbocycles. The molecule has 0 fully saturated rings. The zero-order chi connectivity index (χ0) is 5.21. The first-order chi connectivity index (χ1) is 2.56. The number of rotatable bonds is 1. The second-order valence-corrected chi connectivity index (χ2v) is 4.49. The van der Waals surface area contributed by atoms with Crippen LogP contribution in [0.2, 0.25) is 0 Å². The molecule has 0 aromatic heterocycles. The van der Waals surface area contributed by atoms with Crippen LogP contribution in [-0.2, 0) is 0 Å². The van der Waals surface area contributed by atoms with E-state index in [9.17, 15) is 0 Å². The van der Waals surface area contributed by atoms with E-state index < -0.39 is 0 Å². The average molecular weight is 122 g/mol. The molecule has 0 aliphatic rings. The van der Waals surface area contributed by atoms with Gasteiger partial charge in [0, 0.05) is 4.49 Å². The molecule has 0 nitrogen and oxygen atoms in total. The van der Waals surface area contributed by atoms with Gasteiger partial charge in [0.15, 0.2) is 0 Å². The Morgan fingerprint density at radius 1 is 1.83 bits per heavy atom. The molecule has 0 heterocycles. The molecule has 2 heteroatoms. The highest BCUT2D eigenvalue weighted by molar-refractivity contribution is 7.86. The largest absolute Gasteiger partial charge is 0.169 e. The molecule has 0 radical (unpaired) electrons. The second-order valence-electron chi connectivity index (χ2n) is 1.71. The predicted octanol–water partition coefficient (Wildman–Crippen LogP) is 1.92. The van der Waals surface area contributed by atoms with Crippen LogP contribution >= 0.6 is 21.9 Å². The van der Waals surface area contributed by atoms with Crippen LogP contribution in [0.1, 0.15) is 20.3 Å². The first-order valence-corrected chi connectivity index (χ1v) is 3.10. The van der Waals surface area contributed by atoms with E-state index in [0.717, 1.165) is 6.42 Å². The van der Waals surface area contributed by atoms with Crippen LogP contribution in [-0.4, -0.2) is 4.49 Å². The maximum absolute atomic E-state index is 4.22. The van der Waals surface area contributed by atoms with Gasteiger partial charge in [-0.2, -0.15) is 12.6 Å². The third-order valence-electron chi connectivity index (χ3n) is 0.716. The SMILES string of the molecule is CC[C@](C)(P)S. The zero-order valence-electron chi connectivity index (χ0n) is 4.23. The Hall–Kier alpha value is 0.780. The van der Waals surface area contributed by atoms with Crippen LogP contribution in [0.3, 0.4) is 0 Å². The summed E-state index contributed by atoms with van der Waals surface area (Å²) in [6, 6.07) is 0. The van der Waals surface area contributed by atoms with Gasteiger partial charge in [0.1, 0.15) is 0 Å². The molecule has 0 saturated heterocycles. The molecule has 0 bridgehead atoms. The summed E-state index contributed by atoms with van der Waals surface area (Å²) in [5, 5.41) is 0. The van der Waals surface area contributed by atoms with Crippen molar-refractivity contribution in [2.45, 2.75) is 24.8 Å². The standard InChI is InChI=1S/C4H11PS/c1-3-4(2,5)6/h6H,3,5H2,1-2H3/t4-/m1/s1. The molecule has 0 saturated carbocycles. The van der Waals surface area contributed by atoms with E-state index in [0.29, 0.717) is 0 Å². The smallest absolute Gasteiger partial charge is 0.0240 e. The molecule has 38 valence electrons. The Morgan fingerprint density at radius 2 is 2.00 bits per heavy atom. The van der Waals surface area contributed by atoms with Crippen LogP contribution in [0.5, 0.6) is 0 Å². The number of hydrogen-bond acceptors (Lipinski definition) is 1. The van der Waals surface area contributed by atoms with Crippen LogP contribution in [0.25, 0.3) is 0 Å². The first kappa shape index (κ1) is 6.78. The van der Waals surface area contributed by atoms with Crippen molar-refractivity contribution in [2.24, 2.45) is 0 Å². The fraction of sp³-hybridized carbons (Fsp3) is 1.00. The molecule has 2 atom stereocenters. The molecule has 0 aliphatic carbocycles.